The third kappa shape index (κ3) is 6.45. The summed E-state index contributed by atoms with van der Waals surface area (Å²) in [5.74, 6) is 1.19. The molecule has 9 heteroatoms. The maximum absolute atomic E-state index is 12.7. The van der Waals surface area contributed by atoms with Gasteiger partial charge in [0.1, 0.15) is 11.5 Å². The third-order valence-corrected chi connectivity index (χ3v) is 4.94. The number of ether oxygens (including phenoxy) is 3. The van der Waals surface area contributed by atoms with E-state index in [4.69, 9.17) is 9.47 Å². The van der Waals surface area contributed by atoms with Crippen LogP contribution in [0.1, 0.15) is 11.1 Å². The van der Waals surface area contributed by atoms with Gasteiger partial charge in [-0.3, -0.25) is 4.99 Å². The zero-order valence-corrected chi connectivity index (χ0v) is 17.7. The quantitative estimate of drug-likeness (QED) is 0.492. The molecule has 1 aliphatic rings. The van der Waals surface area contributed by atoms with Crippen molar-refractivity contribution in [1.82, 2.24) is 10.6 Å². The van der Waals surface area contributed by atoms with E-state index in [1.54, 1.807) is 19.2 Å². The largest absolute Gasteiger partial charge is 0.497 e. The van der Waals surface area contributed by atoms with Crippen LogP contribution in [0.5, 0.6) is 11.5 Å². The molecule has 1 fully saturated rings. The molecule has 2 N–H and O–H groups in total. The number of methoxy groups -OCH3 is 1. The third-order valence-electron chi connectivity index (χ3n) is 4.94. The van der Waals surface area contributed by atoms with Gasteiger partial charge in [0.25, 0.3) is 0 Å². The van der Waals surface area contributed by atoms with E-state index >= 15 is 0 Å². The van der Waals surface area contributed by atoms with Gasteiger partial charge >= 0.3 is 6.61 Å². The number of morpholine rings is 1. The Labute approximate surface area is 181 Å². The van der Waals surface area contributed by atoms with Crippen LogP contribution in [-0.4, -0.2) is 53.0 Å². The predicted molar refractivity (Wildman–Crippen MR) is 116 cm³/mol. The van der Waals surface area contributed by atoms with Crippen molar-refractivity contribution < 1.29 is 23.0 Å². The number of hydrogen-bond acceptors (Lipinski definition) is 5. The summed E-state index contributed by atoms with van der Waals surface area (Å²) in [6.45, 7) is 1.04. The van der Waals surface area contributed by atoms with Gasteiger partial charge < -0.3 is 29.7 Å². The first-order valence-corrected chi connectivity index (χ1v) is 10.1. The molecule has 3 rings (SSSR count). The second-order valence-electron chi connectivity index (χ2n) is 6.86. The first kappa shape index (κ1) is 22.6. The van der Waals surface area contributed by atoms with E-state index in [0.717, 1.165) is 24.3 Å². The van der Waals surface area contributed by atoms with Gasteiger partial charge in [0.15, 0.2) is 5.96 Å². The van der Waals surface area contributed by atoms with Gasteiger partial charge in [-0.15, -0.1) is 0 Å². The maximum atomic E-state index is 12.7. The summed E-state index contributed by atoms with van der Waals surface area (Å²) in [6, 6.07) is 12.9. The van der Waals surface area contributed by atoms with E-state index in [9.17, 15) is 8.78 Å². The van der Waals surface area contributed by atoms with Crippen LogP contribution < -0.4 is 25.0 Å². The summed E-state index contributed by atoms with van der Waals surface area (Å²) in [5.41, 5.74) is 2.83. The van der Waals surface area contributed by atoms with Crippen LogP contribution in [-0.2, 0) is 17.8 Å². The van der Waals surface area contributed by atoms with Gasteiger partial charge in [-0.1, -0.05) is 18.2 Å². The van der Waals surface area contributed by atoms with Gasteiger partial charge in [-0.2, -0.15) is 8.78 Å². The number of rotatable bonds is 8. The van der Waals surface area contributed by atoms with E-state index in [1.165, 1.54) is 13.2 Å². The molecule has 0 unspecified atom stereocenters. The molecular weight excluding hydrogens is 406 g/mol. The van der Waals surface area contributed by atoms with Crippen molar-refractivity contribution in [3.63, 3.8) is 0 Å². The zero-order valence-electron chi connectivity index (χ0n) is 17.7. The van der Waals surface area contributed by atoms with Gasteiger partial charge in [0.2, 0.25) is 0 Å². The molecule has 0 aromatic heterocycles. The van der Waals surface area contributed by atoms with Gasteiger partial charge in [0, 0.05) is 44.5 Å². The molecule has 0 radical (unpaired) electrons. The van der Waals surface area contributed by atoms with Gasteiger partial charge in [-0.05, 0) is 29.8 Å². The molecule has 1 aliphatic heterocycles. The van der Waals surface area contributed by atoms with E-state index in [-0.39, 0.29) is 12.3 Å². The SMILES string of the molecule is CN=C(NCc1cc(OC)ccc1OC(F)F)NCc1ccccc1N1CCOCC1. The Kier molecular flexibility index (Phi) is 8.28. The summed E-state index contributed by atoms with van der Waals surface area (Å²) in [6.07, 6.45) is 0. The maximum Gasteiger partial charge on any atom is 0.387 e. The molecule has 2 aromatic rings. The standard InChI is InChI=1S/C22H28F2N4O3/c1-25-22(27-15-17-13-18(29-2)7-8-20(17)31-21(23)24)26-14-16-5-3-4-6-19(16)28-9-11-30-12-10-28/h3-8,13,21H,9-12,14-15H2,1-2H3,(H2,25,26,27). The van der Waals surface area contributed by atoms with Crippen LogP contribution in [0.15, 0.2) is 47.5 Å². The topological polar surface area (TPSA) is 67.4 Å². The lowest BCUT2D eigenvalue weighted by Crippen LogP contribution is -2.39. The highest BCUT2D eigenvalue weighted by Gasteiger charge is 2.15. The molecule has 1 saturated heterocycles. The number of nitrogens with zero attached hydrogens (tertiary/aromatic N) is 2. The van der Waals surface area contributed by atoms with Crippen LogP contribution in [0.4, 0.5) is 14.5 Å². The number of benzene rings is 2. The molecule has 7 nitrogen and oxygen atoms in total. The number of para-hydroxylation sites is 1. The Hall–Kier alpha value is -3.07. The van der Waals surface area contributed by atoms with Crippen molar-refractivity contribution in [3.05, 3.63) is 53.6 Å². The number of guanidine groups is 1. The number of hydrogen-bond donors (Lipinski definition) is 2. The number of alkyl halides is 2. The minimum atomic E-state index is -2.90. The fourth-order valence-corrected chi connectivity index (χ4v) is 3.38. The molecule has 1 heterocycles. The molecule has 0 atom stereocenters. The molecule has 168 valence electrons. The Balaban J connectivity index is 1.64. The minimum absolute atomic E-state index is 0.0939. The summed E-state index contributed by atoms with van der Waals surface area (Å²) in [7, 11) is 3.18. The molecule has 0 bridgehead atoms. The number of halogens is 2. The molecule has 0 amide bonds. The fraction of sp³-hybridized carbons (Fsp3) is 0.409. The van der Waals surface area contributed by atoms with Crippen molar-refractivity contribution >= 4 is 11.6 Å². The average Bonchev–Trinajstić information content (AvgIpc) is 2.80. The molecule has 2 aromatic carbocycles. The first-order valence-electron chi connectivity index (χ1n) is 10.1. The van der Waals surface area contributed by atoms with Crippen molar-refractivity contribution in [2.24, 2.45) is 4.99 Å². The Morgan fingerprint density at radius 1 is 1.10 bits per heavy atom. The van der Waals surface area contributed by atoms with Crippen molar-refractivity contribution in [1.29, 1.82) is 0 Å². The minimum Gasteiger partial charge on any atom is -0.497 e. The Morgan fingerprint density at radius 2 is 1.81 bits per heavy atom. The fourth-order valence-electron chi connectivity index (χ4n) is 3.38. The number of nitrogens with one attached hydrogen (secondary N) is 2. The first-order chi connectivity index (χ1) is 15.1. The lowest BCUT2D eigenvalue weighted by atomic mass is 10.1. The van der Waals surface area contributed by atoms with E-state index < -0.39 is 6.61 Å². The van der Waals surface area contributed by atoms with E-state index in [2.05, 4.69) is 37.4 Å². The van der Waals surface area contributed by atoms with Crippen molar-refractivity contribution in [2.75, 3.05) is 45.4 Å². The van der Waals surface area contributed by atoms with Crippen LogP contribution in [0.3, 0.4) is 0 Å². The second kappa shape index (κ2) is 11.4. The second-order valence-corrected chi connectivity index (χ2v) is 6.86. The molecular formula is C22H28F2N4O3. The highest BCUT2D eigenvalue weighted by atomic mass is 19.3. The lowest BCUT2D eigenvalue weighted by Gasteiger charge is -2.30. The number of anilines is 1. The van der Waals surface area contributed by atoms with Crippen LogP contribution in [0.2, 0.25) is 0 Å². The highest BCUT2D eigenvalue weighted by Crippen LogP contribution is 2.26. The Bertz CT molecular complexity index is 874. The Morgan fingerprint density at radius 3 is 2.48 bits per heavy atom. The molecule has 31 heavy (non-hydrogen) atoms. The van der Waals surface area contributed by atoms with Crippen LogP contribution >= 0.6 is 0 Å². The van der Waals surface area contributed by atoms with E-state index in [1.807, 2.05) is 12.1 Å². The zero-order chi connectivity index (χ0) is 22.1. The van der Waals surface area contributed by atoms with Gasteiger partial charge in [-0.25, -0.2) is 0 Å². The molecule has 0 aliphatic carbocycles. The smallest absolute Gasteiger partial charge is 0.387 e. The van der Waals surface area contributed by atoms with Crippen LogP contribution in [0.25, 0.3) is 0 Å². The monoisotopic (exact) mass is 434 g/mol. The van der Waals surface area contributed by atoms with Gasteiger partial charge in [0.05, 0.1) is 20.3 Å². The summed E-state index contributed by atoms with van der Waals surface area (Å²) >= 11 is 0. The average molecular weight is 434 g/mol. The normalized spacial score (nSPS) is 14.5. The van der Waals surface area contributed by atoms with Crippen molar-refractivity contribution in [2.45, 2.75) is 19.7 Å². The van der Waals surface area contributed by atoms with Crippen LogP contribution in [0, 0.1) is 0 Å². The predicted octanol–water partition coefficient (Wildman–Crippen LogP) is 3.00. The molecule has 0 spiro atoms. The summed E-state index contributed by atoms with van der Waals surface area (Å²) in [4.78, 5) is 6.54. The lowest BCUT2D eigenvalue weighted by molar-refractivity contribution is -0.0505. The summed E-state index contributed by atoms with van der Waals surface area (Å²) in [5, 5.41) is 6.43. The highest BCUT2D eigenvalue weighted by molar-refractivity contribution is 5.80. The number of aliphatic imine (C=N–C) groups is 1. The molecule has 0 saturated carbocycles. The van der Waals surface area contributed by atoms with Crippen molar-refractivity contribution in [3.8, 4) is 11.5 Å². The summed E-state index contributed by atoms with van der Waals surface area (Å²) < 4.78 is 40.7. The van der Waals surface area contributed by atoms with E-state index in [0.29, 0.717) is 37.0 Å².